The van der Waals surface area contributed by atoms with Crippen LogP contribution < -0.4 is 20.3 Å². The Bertz CT molecular complexity index is 1130. The van der Waals surface area contributed by atoms with Gasteiger partial charge in [0, 0.05) is 22.7 Å². The molecule has 1 aromatic heterocycles. The number of H-pyrrole nitrogens is 1. The molecule has 0 aliphatic carbocycles. The van der Waals surface area contributed by atoms with E-state index < -0.39 is 0 Å². The van der Waals surface area contributed by atoms with Gasteiger partial charge in [0.05, 0.1) is 18.7 Å². The van der Waals surface area contributed by atoms with Gasteiger partial charge in [-0.2, -0.15) is 0 Å². The van der Waals surface area contributed by atoms with Gasteiger partial charge in [-0.05, 0) is 55.2 Å². The first-order chi connectivity index (χ1) is 14.2. The SMILES string of the molecule is CCOc1ccc(C(=O)Nc2ccc3c(C(C)(C)C)cc(=O)[nH]c3c2)cc1OCC. The van der Waals surface area contributed by atoms with Gasteiger partial charge in [0.1, 0.15) is 0 Å². The minimum absolute atomic E-state index is 0.163. The van der Waals surface area contributed by atoms with E-state index in [1.54, 1.807) is 30.3 Å². The number of rotatable bonds is 6. The smallest absolute Gasteiger partial charge is 0.255 e. The maximum atomic E-state index is 12.8. The second-order valence-electron chi connectivity index (χ2n) is 8.04. The summed E-state index contributed by atoms with van der Waals surface area (Å²) in [5.41, 5.74) is 2.37. The number of ether oxygens (including phenoxy) is 2. The highest BCUT2D eigenvalue weighted by atomic mass is 16.5. The molecule has 0 fully saturated rings. The number of nitrogens with one attached hydrogen (secondary N) is 2. The summed E-state index contributed by atoms with van der Waals surface area (Å²) in [7, 11) is 0. The van der Waals surface area contributed by atoms with Crippen LogP contribution in [0, 0.1) is 0 Å². The molecule has 6 heteroatoms. The molecule has 6 nitrogen and oxygen atoms in total. The summed E-state index contributed by atoms with van der Waals surface area (Å²) in [5, 5.41) is 3.85. The lowest BCUT2D eigenvalue weighted by atomic mass is 9.85. The van der Waals surface area contributed by atoms with Crippen LogP contribution in [0.3, 0.4) is 0 Å². The molecule has 3 rings (SSSR count). The van der Waals surface area contributed by atoms with E-state index in [9.17, 15) is 9.59 Å². The van der Waals surface area contributed by atoms with Crippen molar-refractivity contribution in [1.82, 2.24) is 4.98 Å². The molecule has 0 atom stereocenters. The summed E-state index contributed by atoms with van der Waals surface area (Å²) in [6.07, 6.45) is 0. The Kier molecular flexibility index (Phi) is 6.15. The number of benzene rings is 2. The third kappa shape index (κ3) is 4.64. The van der Waals surface area contributed by atoms with Gasteiger partial charge in [-0.25, -0.2) is 0 Å². The van der Waals surface area contributed by atoms with Crippen molar-refractivity contribution in [3.63, 3.8) is 0 Å². The number of hydrogen-bond acceptors (Lipinski definition) is 4. The molecule has 30 heavy (non-hydrogen) atoms. The van der Waals surface area contributed by atoms with Gasteiger partial charge in [0.25, 0.3) is 5.91 Å². The zero-order valence-corrected chi connectivity index (χ0v) is 18.1. The number of hydrogen-bond donors (Lipinski definition) is 2. The molecule has 1 amide bonds. The van der Waals surface area contributed by atoms with Gasteiger partial charge in [-0.15, -0.1) is 0 Å². The zero-order chi connectivity index (χ0) is 21.9. The van der Waals surface area contributed by atoms with E-state index in [0.29, 0.717) is 41.5 Å². The Morgan fingerprint density at radius 3 is 2.33 bits per heavy atom. The Morgan fingerprint density at radius 2 is 1.67 bits per heavy atom. The van der Waals surface area contributed by atoms with E-state index in [-0.39, 0.29) is 16.9 Å². The summed E-state index contributed by atoms with van der Waals surface area (Å²) < 4.78 is 11.2. The molecular formula is C24H28N2O4. The van der Waals surface area contributed by atoms with Gasteiger partial charge < -0.3 is 19.8 Å². The number of aromatic nitrogens is 1. The first-order valence-corrected chi connectivity index (χ1v) is 10.1. The van der Waals surface area contributed by atoms with Crippen molar-refractivity contribution < 1.29 is 14.3 Å². The molecule has 2 aromatic carbocycles. The van der Waals surface area contributed by atoms with Crippen molar-refractivity contribution in [1.29, 1.82) is 0 Å². The molecule has 0 saturated heterocycles. The highest BCUT2D eigenvalue weighted by molar-refractivity contribution is 6.05. The normalized spacial score (nSPS) is 11.4. The zero-order valence-electron chi connectivity index (χ0n) is 18.1. The van der Waals surface area contributed by atoms with Crippen LogP contribution in [0.4, 0.5) is 5.69 Å². The molecule has 158 valence electrons. The largest absolute Gasteiger partial charge is 0.490 e. The van der Waals surface area contributed by atoms with Crippen molar-refractivity contribution in [3.8, 4) is 11.5 Å². The summed E-state index contributed by atoms with van der Waals surface area (Å²) in [4.78, 5) is 27.8. The van der Waals surface area contributed by atoms with Crippen molar-refractivity contribution in [2.24, 2.45) is 0 Å². The van der Waals surface area contributed by atoms with Crippen LogP contribution in [0.5, 0.6) is 11.5 Å². The van der Waals surface area contributed by atoms with Crippen LogP contribution in [0.15, 0.2) is 47.3 Å². The molecule has 1 heterocycles. The van der Waals surface area contributed by atoms with E-state index in [1.165, 1.54) is 0 Å². The quantitative estimate of drug-likeness (QED) is 0.609. The molecule has 3 aromatic rings. The molecule has 2 N–H and O–H groups in total. The molecular weight excluding hydrogens is 380 g/mol. The van der Waals surface area contributed by atoms with Crippen molar-refractivity contribution in [3.05, 3.63) is 63.9 Å². The standard InChI is InChI=1S/C24H28N2O4/c1-6-29-20-11-8-15(12-21(20)30-7-2)23(28)25-16-9-10-17-18(24(3,4)5)14-22(27)26-19(17)13-16/h8-14H,6-7H2,1-5H3,(H,25,28)(H,26,27). The minimum atomic E-state index is -0.271. The van der Waals surface area contributed by atoms with Crippen LogP contribution in [0.25, 0.3) is 10.9 Å². The highest BCUT2D eigenvalue weighted by Crippen LogP contribution is 2.31. The third-order valence-electron chi connectivity index (χ3n) is 4.71. The fraction of sp³-hybridized carbons (Fsp3) is 0.333. The maximum Gasteiger partial charge on any atom is 0.255 e. The topological polar surface area (TPSA) is 80.4 Å². The third-order valence-corrected chi connectivity index (χ3v) is 4.71. The number of amides is 1. The van der Waals surface area contributed by atoms with Crippen LogP contribution in [-0.4, -0.2) is 24.1 Å². The lowest BCUT2D eigenvalue weighted by Crippen LogP contribution is -2.17. The van der Waals surface area contributed by atoms with Crippen LogP contribution in [-0.2, 0) is 5.41 Å². The minimum Gasteiger partial charge on any atom is -0.490 e. The molecule has 0 saturated carbocycles. The molecule has 0 spiro atoms. The van der Waals surface area contributed by atoms with E-state index in [4.69, 9.17) is 9.47 Å². The molecule has 0 aliphatic heterocycles. The predicted octanol–water partition coefficient (Wildman–Crippen LogP) is 4.88. The van der Waals surface area contributed by atoms with Gasteiger partial charge in [0.15, 0.2) is 11.5 Å². The lowest BCUT2D eigenvalue weighted by Gasteiger charge is -2.21. The van der Waals surface area contributed by atoms with Gasteiger partial charge in [0.2, 0.25) is 5.56 Å². The van der Waals surface area contributed by atoms with E-state index in [0.717, 1.165) is 10.9 Å². The number of pyridine rings is 1. The molecule has 0 bridgehead atoms. The average molecular weight is 408 g/mol. The Balaban J connectivity index is 1.92. The number of carbonyl (C=O) groups excluding carboxylic acids is 1. The number of fused-ring (bicyclic) bond motifs is 1. The Morgan fingerprint density at radius 1 is 0.967 bits per heavy atom. The Hall–Kier alpha value is -3.28. The number of anilines is 1. The predicted molar refractivity (Wildman–Crippen MR) is 120 cm³/mol. The second-order valence-corrected chi connectivity index (χ2v) is 8.04. The number of aromatic amines is 1. The summed E-state index contributed by atoms with van der Waals surface area (Å²) in [6, 6.07) is 12.3. The maximum absolute atomic E-state index is 12.8. The second kappa shape index (κ2) is 8.61. The molecule has 0 radical (unpaired) electrons. The van der Waals surface area contributed by atoms with E-state index in [1.807, 2.05) is 26.0 Å². The summed E-state index contributed by atoms with van der Waals surface area (Å²) >= 11 is 0. The first kappa shape index (κ1) is 21.4. The highest BCUT2D eigenvalue weighted by Gasteiger charge is 2.18. The number of carbonyl (C=O) groups is 1. The van der Waals surface area contributed by atoms with E-state index in [2.05, 4.69) is 31.1 Å². The van der Waals surface area contributed by atoms with E-state index >= 15 is 0 Å². The van der Waals surface area contributed by atoms with Crippen LogP contribution in [0.1, 0.15) is 50.5 Å². The van der Waals surface area contributed by atoms with Crippen LogP contribution in [0.2, 0.25) is 0 Å². The van der Waals surface area contributed by atoms with Gasteiger partial charge in [-0.3, -0.25) is 9.59 Å². The van der Waals surface area contributed by atoms with Crippen LogP contribution >= 0.6 is 0 Å². The average Bonchev–Trinajstić information content (AvgIpc) is 2.68. The van der Waals surface area contributed by atoms with Crippen molar-refractivity contribution >= 4 is 22.5 Å². The van der Waals surface area contributed by atoms with Crippen molar-refractivity contribution in [2.75, 3.05) is 18.5 Å². The summed E-state index contributed by atoms with van der Waals surface area (Å²) in [5.74, 6) is 0.867. The monoisotopic (exact) mass is 408 g/mol. The van der Waals surface area contributed by atoms with Crippen molar-refractivity contribution in [2.45, 2.75) is 40.0 Å². The summed E-state index contributed by atoms with van der Waals surface area (Å²) in [6.45, 7) is 11.0. The van der Waals surface area contributed by atoms with Gasteiger partial charge >= 0.3 is 0 Å². The fourth-order valence-electron chi connectivity index (χ4n) is 3.35. The lowest BCUT2D eigenvalue weighted by molar-refractivity contribution is 0.102. The Labute approximate surface area is 176 Å². The van der Waals surface area contributed by atoms with Gasteiger partial charge in [-0.1, -0.05) is 26.8 Å². The first-order valence-electron chi connectivity index (χ1n) is 10.1. The molecule has 0 aliphatic rings. The molecule has 0 unspecified atom stereocenters. The fourth-order valence-corrected chi connectivity index (χ4v) is 3.35.